The summed E-state index contributed by atoms with van der Waals surface area (Å²) in [6.07, 6.45) is -4.95. The number of hydrogen-bond acceptors (Lipinski definition) is 2. The predicted octanol–water partition coefficient (Wildman–Crippen LogP) is 2.81. The molecule has 5 heteroatoms. The third kappa shape index (κ3) is 3.43. The Bertz CT molecular complexity index is 305. The molecule has 2 nitrogen and oxygen atoms in total. The van der Waals surface area contributed by atoms with Crippen LogP contribution in [0, 0.1) is 0 Å². The van der Waals surface area contributed by atoms with Gasteiger partial charge in [-0.3, -0.25) is 0 Å². The quantitative estimate of drug-likeness (QED) is 0.793. The van der Waals surface area contributed by atoms with E-state index in [-0.39, 0.29) is 5.75 Å². The molecule has 0 aromatic heterocycles. The van der Waals surface area contributed by atoms with Crippen molar-refractivity contribution >= 4 is 0 Å². The molecule has 84 valence electrons. The molecule has 1 aromatic rings. The molecule has 1 unspecified atom stereocenters. The van der Waals surface area contributed by atoms with Crippen LogP contribution in [0.1, 0.15) is 18.9 Å². The van der Waals surface area contributed by atoms with Crippen molar-refractivity contribution < 1.29 is 23.0 Å². The van der Waals surface area contributed by atoms with Crippen molar-refractivity contribution in [1.29, 1.82) is 0 Å². The molecule has 0 spiro atoms. The zero-order valence-electron chi connectivity index (χ0n) is 8.08. The molecule has 0 amide bonds. The van der Waals surface area contributed by atoms with Crippen molar-refractivity contribution in [3.8, 4) is 5.75 Å². The maximum absolute atomic E-state index is 12.2. The molecule has 1 atom stereocenters. The molecule has 1 rings (SSSR count). The zero-order valence-corrected chi connectivity index (χ0v) is 8.08. The number of halogens is 3. The zero-order chi connectivity index (χ0) is 11.5. The highest BCUT2D eigenvalue weighted by atomic mass is 19.4. The lowest BCUT2D eigenvalue weighted by atomic mass is 10.2. The Morgan fingerprint density at radius 3 is 2.20 bits per heavy atom. The molecule has 0 heterocycles. The minimum Gasteiger partial charge on any atom is -0.465 e. The summed E-state index contributed by atoms with van der Waals surface area (Å²) in [7, 11) is 0. The number of benzene rings is 1. The van der Waals surface area contributed by atoms with Crippen LogP contribution in [0.5, 0.6) is 5.75 Å². The molecule has 0 bridgehead atoms. The lowest BCUT2D eigenvalue weighted by molar-refractivity contribution is -0.137. The second-order valence-electron chi connectivity index (χ2n) is 3.00. The van der Waals surface area contributed by atoms with E-state index in [1.807, 2.05) is 0 Å². The molecule has 0 aliphatic rings. The van der Waals surface area contributed by atoms with Gasteiger partial charge in [-0.15, -0.1) is 0 Å². The Balaban J connectivity index is 2.73. The van der Waals surface area contributed by atoms with Crippen LogP contribution in [0.4, 0.5) is 13.2 Å². The van der Waals surface area contributed by atoms with Crippen molar-refractivity contribution in [3.05, 3.63) is 29.8 Å². The van der Waals surface area contributed by atoms with Crippen LogP contribution >= 0.6 is 0 Å². The summed E-state index contributed by atoms with van der Waals surface area (Å²) < 4.78 is 41.4. The maximum Gasteiger partial charge on any atom is 0.416 e. The molecular weight excluding hydrogens is 209 g/mol. The van der Waals surface area contributed by atoms with Crippen molar-refractivity contribution in [1.82, 2.24) is 0 Å². The minimum atomic E-state index is -4.35. The summed E-state index contributed by atoms with van der Waals surface area (Å²) in [5, 5.41) is 9.10. The van der Waals surface area contributed by atoms with Crippen molar-refractivity contribution in [2.45, 2.75) is 25.8 Å². The van der Waals surface area contributed by atoms with E-state index in [1.54, 1.807) is 6.92 Å². The van der Waals surface area contributed by atoms with E-state index >= 15 is 0 Å². The first-order valence-electron chi connectivity index (χ1n) is 4.45. The van der Waals surface area contributed by atoms with Crippen LogP contribution in [0.25, 0.3) is 0 Å². The summed E-state index contributed by atoms with van der Waals surface area (Å²) in [4.78, 5) is 0. The van der Waals surface area contributed by atoms with Gasteiger partial charge < -0.3 is 9.84 Å². The van der Waals surface area contributed by atoms with Gasteiger partial charge in [0.15, 0.2) is 6.29 Å². The minimum absolute atomic E-state index is 0.220. The second kappa shape index (κ2) is 4.53. The van der Waals surface area contributed by atoms with E-state index in [4.69, 9.17) is 9.84 Å². The normalized spacial score (nSPS) is 13.7. The smallest absolute Gasteiger partial charge is 0.416 e. The molecule has 1 N–H and O–H groups in total. The summed E-state index contributed by atoms with van der Waals surface area (Å²) in [5.41, 5.74) is -0.735. The fourth-order valence-electron chi connectivity index (χ4n) is 0.963. The van der Waals surface area contributed by atoms with Crippen LogP contribution in [-0.4, -0.2) is 11.4 Å². The van der Waals surface area contributed by atoms with Crippen LogP contribution in [0.15, 0.2) is 24.3 Å². The Kier molecular flexibility index (Phi) is 3.57. The van der Waals surface area contributed by atoms with Crippen LogP contribution in [-0.2, 0) is 6.18 Å². The Morgan fingerprint density at radius 1 is 1.27 bits per heavy atom. The lowest BCUT2D eigenvalue weighted by Gasteiger charge is -2.12. The van der Waals surface area contributed by atoms with Crippen molar-refractivity contribution in [2.24, 2.45) is 0 Å². The highest BCUT2D eigenvalue weighted by Crippen LogP contribution is 2.30. The molecule has 0 aliphatic heterocycles. The SMILES string of the molecule is CCC(O)Oc1ccc(C(F)(F)F)cc1. The average Bonchev–Trinajstić information content (AvgIpc) is 2.17. The van der Waals surface area contributed by atoms with Gasteiger partial charge in [-0.1, -0.05) is 6.92 Å². The topological polar surface area (TPSA) is 29.5 Å². The number of alkyl halides is 3. The highest BCUT2D eigenvalue weighted by Gasteiger charge is 2.30. The fraction of sp³-hybridized carbons (Fsp3) is 0.400. The molecule has 0 aliphatic carbocycles. The first-order valence-corrected chi connectivity index (χ1v) is 4.45. The molecule has 15 heavy (non-hydrogen) atoms. The number of aliphatic hydroxyl groups is 1. The number of ether oxygens (including phenoxy) is 1. The Morgan fingerprint density at radius 2 is 1.80 bits per heavy atom. The predicted molar refractivity (Wildman–Crippen MR) is 48.4 cm³/mol. The fourth-order valence-corrected chi connectivity index (χ4v) is 0.963. The third-order valence-electron chi connectivity index (χ3n) is 1.80. The number of hydrogen-bond donors (Lipinski definition) is 1. The molecule has 0 saturated heterocycles. The van der Waals surface area contributed by atoms with Gasteiger partial charge in [0.05, 0.1) is 5.56 Å². The Hall–Kier alpha value is -1.23. The lowest BCUT2D eigenvalue weighted by Crippen LogP contribution is -2.13. The van der Waals surface area contributed by atoms with E-state index in [1.165, 1.54) is 12.1 Å². The summed E-state index contributed by atoms with van der Waals surface area (Å²) in [6.45, 7) is 1.70. The van der Waals surface area contributed by atoms with Crippen molar-refractivity contribution in [2.75, 3.05) is 0 Å². The highest BCUT2D eigenvalue weighted by molar-refractivity contribution is 5.28. The molecular formula is C10H11F3O2. The Labute approximate surface area is 85.3 Å². The van der Waals surface area contributed by atoms with E-state index in [0.717, 1.165) is 12.1 Å². The van der Waals surface area contributed by atoms with Gasteiger partial charge in [0.2, 0.25) is 0 Å². The molecule has 0 saturated carbocycles. The van der Waals surface area contributed by atoms with Gasteiger partial charge in [-0.25, -0.2) is 0 Å². The van der Waals surface area contributed by atoms with E-state index in [9.17, 15) is 13.2 Å². The largest absolute Gasteiger partial charge is 0.465 e. The summed E-state index contributed by atoms with van der Waals surface area (Å²) in [6, 6.07) is 4.19. The van der Waals surface area contributed by atoms with Crippen molar-refractivity contribution in [3.63, 3.8) is 0 Å². The standard InChI is InChI=1S/C10H11F3O2/c1-2-9(14)15-8-5-3-7(4-6-8)10(11,12)13/h3-6,9,14H,2H2,1H3. The maximum atomic E-state index is 12.2. The van der Waals surface area contributed by atoms with Crippen LogP contribution in [0.3, 0.4) is 0 Å². The number of aliphatic hydroxyl groups excluding tert-OH is 1. The first kappa shape index (κ1) is 11.8. The number of rotatable bonds is 3. The monoisotopic (exact) mass is 220 g/mol. The van der Waals surface area contributed by atoms with E-state index < -0.39 is 18.0 Å². The molecule has 0 radical (unpaired) electrons. The molecule has 1 aromatic carbocycles. The summed E-state index contributed by atoms with van der Waals surface area (Å²) in [5.74, 6) is 0.220. The van der Waals surface area contributed by atoms with Crippen LogP contribution < -0.4 is 4.74 Å². The van der Waals surface area contributed by atoms with Gasteiger partial charge in [-0.2, -0.15) is 13.2 Å². The van der Waals surface area contributed by atoms with Crippen LogP contribution in [0.2, 0.25) is 0 Å². The first-order chi connectivity index (χ1) is 6.93. The van der Waals surface area contributed by atoms with Gasteiger partial charge in [0.25, 0.3) is 0 Å². The van der Waals surface area contributed by atoms with Gasteiger partial charge in [-0.05, 0) is 24.3 Å². The molecule has 0 fully saturated rings. The van der Waals surface area contributed by atoms with E-state index in [2.05, 4.69) is 0 Å². The summed E-state index contributed by atoms with van der Waals surface area (Å²) >= 11 is 0. The van der Waals surface area contributed by atoms with Gasteiger partial charge in [0.1, 0.15) is 5.75 Å². The third-order valence-corrected chi connectivity index (χ3v) is 1.80. The van der Waals surface area contributed by atoms with E-state index in [0.29, 0.717) is 6.42 Å². The van der Waals surface area contributed by atoms with Gasteiger partial charge >= 0.3 is 6.18 Å². The average molecular weight is 220 g/mol. The second-order valence-corrected chi connectivity index (χ2v) is 3.00. The van der Waals surface area contributed by atoms with Gasteiger partial charge in [0, 0.05) is 6.42 Å².